The fourth-order valence-electron chi connectivity index (χ4n) is 3.49. The Morgan fingerprint density at radius 2 is 2.22 bits per heavy atom. The summed E-state index contributed by atoms with van der Waals surface area (Å²) in [7, 11) is 1.63. The highest BCUT2D eigenvalue weighted by Crippen LogP contribution is 2.46. The molecule has 0 radical (unpaired) electrons. The van der Waals surface area contributed by atoms with Gasteiger partial charge in [-0.25, -0.2) is 5.84 Å². The number of fused-ring (bicyclic) bond motifs is 2. The Morgan fingerprint density at radius 3 is 2.96 bits per heavy atom. The van der Waals surface area contributed by atoms with Gasteiger partial charge >= 0.3 is 0 Å². The number of amides is 1. The van der Waals surface area contributed by atoms with E-state index in [9.17, 15) is 4.79 Å². The van der Waals surface area contributed by atoms with E-state index in [2.05, 4.69) is 0 Å². The van der Waals surface area contributed by atoms with Crippen LogP contribution in [0.4, 0.5) is 5.69 Å². The summed E-state index contributed by atoms with van der Waals surface area (Å²) in [6.45, 7) is 1.28. The van der Waals surface area contributed by atoms with Crippen molar-refractivity contribution in [1.29, 1.82) is 0 Å². The lowest BCUT2D eigenvalue weighted by atomic mass is 9.80. The Hall–Kier alpha value is -1.57. The molecule has 0 saturated carbocycles. The van der Waals surface area contributed by atoms with E-state index >= 15 is 0 Å². The van der Waals surface area contributed by atoms with Crippen LogP contribution >= 0.6 is 11.8 Å². The zero-order valence-corrected chi connectivity index (χ0v) is 13.8. The van der Waals surface area contributed by atoms with Gasteiger partial charge in [-0.3, -0.25) is 14.8 Å². The number of nitrogens with zero attached hydrogens (tertiary/aromatic N) is 2. The number of aliphatic imine (C=N–C) groups is 1. The fraction of sp³-hybridized carbons (Fsp3) is 0.500. The van der Waals surface area contributed by atoms with Crippen LogP contribution in [-0.2, 0) is 9.53 Å². The summed E-state index contributed by atoms with van der Waals surface area (Å²) in [4.78, 5) is 18.6. The van der Waals surface area contributed by atoms with Gasteiger partial charge in [-0.05, 0) is 31.0 Å². The molecule has 0 aromatic heterocycles. The van der Waals surface area contributed by atoms with Crippen LogP contribution in [0.15, 0.2) is 28.1 Å². The quantitative estimate of drug-likeness (QED) is 0.627. The number of benzene rings is 1. The summed E-state index contributed by atoms with van der Waals surface area (Å²) >= 11 is 1.52. The van der Waals surface area contributed by atoms with E-state index in [1.165, 1.54) is 16.8 Å². The lowest BCUT2D eigenvalue weighted by molar-refractivity contribution is -0.142. The Kier molecular flexibility index (Phi) is 3.59. The number of hydrogen-bond acceptors (Lipinski definition) is 6. The highest BCUT2D eigenvalue weighted by atomic mass is 32.2. The Labute approximate surface area is 139 Å². The van der Waals surface area contributed by atoms with Gasteiger partial charge in [0.15, 0.2) is 0 Å². The summed E-state index contributed by atoms with van der Waals surface area (Å²) in [5.41, 5.74) is 1.50. The molecule has 1 unspecified atom stereocenters. The second-order valence-corrected chi connectivity index (χ2v) is 7.30. The van der Waals surface area contributed by atoms with Crippen molar-refractivity contribution in [3.8, 4) is 5.75 Å². The number of rotatable bonds is 1. The molecule has 1 aromatic carbocycles. The monoisotopic (exact) mass is 333 g/mol. The minimum Gasteiger partial charge on any atom is -0.497 e. The van der Waals surface area contributed by atoms with E-state index < -0.39 is 0 Å². The third kappa shape index (κ3) is 2.34. The van der Waals surface area contributed by atoms with Gasteiger partial charge in [0.1, 0.15) is 11.0 Å². The maximum Gasteiger partial charge on any atom is 0.256 e. The van der Waals surface area contributed by atoms with Crippen molar-refractivity contribution in [2.75, 3.05) is 20.3 Å². The lowest BCUT2D eigenvalue weighted by Crippen LogP contribution is -2.66. The molecule has 1 spiro atoms. The highest BCUT2D eigenvalue weighted by Gasteiger charge is 2.50. The first-order valence-electron chi connectivity index (χ1n) is 7.72. The molecule has 2 N–H and O–H groups in total. The predicted molar refractivity (Wildman–Crippen MR) is 88.2 cm³/mol. The minimum atomic E-state index is -0.338. The van der Waals surface area contributed by atoms with Gasteiger partial charge in [0.25, 0.3) is 5.91 Å². The number of ether oxygens (including phenoxy) is 2. The fourth-order valence-corrected chi connectivity index (χ4v) is 4.65. The Balaban J connectivity index is 1.72. The van der Waals surface area contributed by atoms with E-state index in [0.29, 0.717) is 13.2 Å². The summed E-state index contributed by atoms with van der Waals surface area (Å²) < 4.78 is 10.7. The second kappa shape index (κ2) is 5.51. The maximum absolute atomic E-state index is 12.8. The summed E-state index contributed by atoms with van der Waals surface area (Å²) in [6, 6.07) is 5.77. The number of hydrazine groups is 1. The van der Waals surface area contributed by atoms with Crippen molar-refractivity contribution in [3.05, 3.63) is 18.2 Å². The first-order valence-corrected chi connectivity index (χ1v) is 8.60. The van der Waals surface area contributed by atoms with E-state index in [1.54, 1.807) is 7.11 Å². The third-order valence-electron chi connectivity index (χ3n) is 4.88. The highest BCUT2D eigenvalue weighted by molar-refractivity contribution is 8.01. The number of methoxy groups -OCH3 is 1. The van der Waals surface area contributed by atoms with Gasteiger partial charge in [-0.2, -0.15) is 0 Å². The Morgan fingerprint density at radius 1 is 1.43 bits per heavy atom. The van der Waals surface area contributed by atoms with Crippen molar-refractivity contribution in [3.63, 3.8) is 0 Å². The number of piperidine rings is 1. The molecule has 7 heteroatoms. The summed E-state index contributed by atoms with van der Waals surface area (Å²) in [5.74, 6) is 6.91. The molecule has 3 aliphatic rings. The molecule has 4 rings (SSSR count). The first kappa shape index (κ1) is 15.0. The van der Waals surface area contributed by atoms with E-state index in [-0.39, 0.29) is 16.7 Å². The van der Waals surface area contributed by atoms with Gasteiger partial charge in [-0.15, -0.1) is 11.8 Å². The second-order valence-electron chi connectivity index (χ2n) is 6.16. The third-order valence-corrected chi connectivity index (χ3v) is 6.18. The molecule has 6 nitrogen and oxygen atoms in total. The molecule has 0 bridgehead atoms. The van der Waals surface area contributed by atoms with Crippen LogP contribution in [0.5, 0.6) is 5.75 Å². The molecule has 23 heavy (non-hydrogen) atoms. The van der Waals surface area contributed by atoms with Gasteiger partial charge in [0.2, 0.25) is 0 Å². The topological polar surface area (TPSA) is 77.2 Å². The number of thioether (sulfide) groups is 1. The van der Waals surface area contributed by atoms with E-state index in [4.69, 9.17) is 20.3 Å². The van der Waals surface area contributed by atoms with E-state index in [1.807, 2.05) is 18.2 Å². The lowest BCUT2D eigenvalue weighted by Gasteiger charge is -2.49. The van der Waals surface area contributed by atoms with Crippen LogP contribution in [0.25, 0.3) is 0 Å². The number of nitrogens with two attached hydrogens (primary N) is 1. The average molecular weight is 333 g/mol. The van der Waals surface area contributed by atoms with Crippen molar-refractivity contribution in [2.24, 2.45) is 10.8 Å². The molecule has 3 aliphatic heterocycles. The van der Waals surface area contributed by atoms with Gasteiger partial charge < -0.3 is 9.47 Å². The zero-order valence-electron chi connectivity index (χ0n) is 12.9. The van der Waals surface area contributed by atoms with Crippen molar-refractivity contribution in [2.45, 2.75) is 34.9 Å². The molecule has 1 atom stereocenters. The summed E-state index contributed by atoms with van der Waals surface area (Å²) in [5, 5.41) is 1.13. The standard InChI is InChI=1S/C16H19N3O3S/c1-21-10-2-3-11-13(8-10)23-14-12(18-11)9-16(19(17)15(14)20)4-6-22-7-5-16/h2-3,8,14H,4-7,9,17H2,1H3. The molecular weight excluding hydrogens is 314 g/mol. The molecule has 0 aliphatic carbocycles. The SMILES string of the molecule is COc1ccc2c(c1)SC1C(=O)N(N)C3(CCOCC3)CC1=N2. The molecule has 1 amide bonds. The van der Waals surface area contributed by atoms with Crippen LogP contribution in [-0.4, -0.2) is 47.7 Å². The molecule has 122 valence electrons. The summed E-state index contributed by atoms with van der Waals surface area (Å²) in [6.07, 6.45) is 2.25. The largest absolute Gasteiger partial charge is 0.497 e. The number of hydrogen-bond donors (Lipinski definition) is 1. The van der Waals surface area contributed by atoms with Crippen molar-refractivity contribution in [1.82, 2.24) is 5.01 Å². The van der Waals surface area contributed by atoms with Crippen LogP contribution in [0.3, 0.4) is 0 Å². The maximum atomic E-state index is 12.8. The molecule has 2 saturated heterocycles. The number of carbonyl (C=O) groups excluding carboxylic acids is 1. The van der Waals surface area contributed by atoms with Crippen molar-refractivity contribution < 1.29 is 14.3 Å². The average Bonchev–Trinajstić information content (AvgIpc) is 2.59. The molecule has 2 fully saturated rings. The van der Waals surface area contributed by atoms with E-state index in [0.717, 1.165) is 41.3 Å². The predicted octanol–water partition coefficient (Wildman–Crippen LogP) is 1.90. The smallest absolute Gasteiger partial charge is 0.256 e. The Bertz CT molecular complexity index is 685. The van der Waals surface area contributed by atoms with Crippen molar-refractivity contribution >= 4 is 29.1 Å². The zero-order chi connectivity index (χ0) is 16.0. The van der Waals surface area contributed by atoms with Crippen LogP contribution in [0.2, 0.25) is 0 Å². The molecule has 3 heterocycles. The minimum absolute atomic E-state index is 0.0598. The molecular formula is C16H19N3O3S. The van der Waals surface area contributed by atoms with Crippen LogP contribution in [0.1, 0.15) is 19.3 Å². The van der Waals surface area contributed by atoms with Crippen LogP contribution < -0.4 is 10.6 Å². The molecule has 1 aromatic rings. The first-order chi connectivity index (χ1) is 11.1. The van der Waals surface area contributed by atoms with Crippen LogP contribution in [0, 0.1) is 0 Å². The number of carbonyl (C=O) groups is 1. The van der Waals surface area contributed by atoms with Gasteiger partial charge in [0, 0.05) is 30.2 Å². The van der Waals surface area contributed by atoms with Gasteiger partial charge in [-0.1, -0.05) is 0 Å². The normalized spacial score (nSPS) is 25.7. The van der Waals surface area contributed by atoms with Gasteiger partial charge in [0.05, 0.1) is 18.3 Å².